The van der Waals surface area contributed by atoms with Crippen LogP contribution in [0.2, 0.25) is 0 Å². The molecule has 1 aromatic heterocycles. The number of hydrogen-bond donors (Lipinski definition) is 2. The number of fused-ring (bicyclic) bond motifs is 1. The number of benzene rings is 2. The smallest absolute Gasteiger partial charge is 0.253 e. The van der Waals surface area contributed by atoms with Gasteiger partial charge in [0.05, 0.1) is 5.92 Å². The van der Waals surface area contributed by atoms with Gasteiger partial charge in [-0.15, -0.1) is 0 Å². The molecule has 3 aromatic rings. The molecule has 2 amide bonds. The van der Waals surface area contributed by atoms with E-state index in [0.29, 0.717) is 5.56 Å². The Hall–Kier alpha value is -3.12. The third kappa shape index (κ3) is 3.76. The zero-order chi connectivity index (χ0) is 20.5. The van der Waals surface area contributed by atoms with E-state index in [9.17, 15) is 9.59 Å². The summed E-state index contributed by atoms with van der Waals surface area (Å²) in [4.78, 5) is 31.8. The first kappa shape index (κ1) is 19.2. The number of piperazine rings is 1. The number of rotatable bonds is 4. The van der Waals surface area contributed by atoms with Crippen molar-refractivity contribution >= 4 is 22.7 Å². The summed E-state index contributed by atoms with van der Waals surface area (Å²) in [7, 11) is 2.08. The summed E-state index contributed by atoms with van der Waals surface area (Å²) in [6.07, 6.45) is 1.96. The molecule has 0 bridgehead atoms. The summed E-state index contributed by atoms with van der Waals surface area (Å²) in [5, 5.41) is 1.01. The fourth-order valence-electron chi connectivity index (χ4n) is 3.80. The van der Waals surface area contributed by atoms with Crippen molar-refractivity contribution in [3.63, 3.8) is 0 Å². The first-order valence-corrected chi connectivity index (χ1v) is 9.92. The molecule has 0 spiro atoms. The van der Waals surface area contributed by atoms with Gasteiger partial charge >= 0.3 is 0 Å². The predicted octanol–water partition coefficient (Wildman–Crippen LogP) is 2.81. The Morgan fingerprint density at radius 3 is 2.38 bits per heavy atom. The van der Waals surface area contributed by atoms with Crippen LogP contribution in [0.25, 0.3) is 22.0 Å². The molecule has 1 aliphatic heterocycles. The highest BCUT2D eigenvalue weighted by molar-refractivity contribution is 6.02. The molecule has 29 heavy (non-hydrogen) atoms. The van der Waals surface area contributed by atoms with Crippen LogP contribution in [0.5, 0.6) is 0 Å². The third-order valence-corrected chi connectivity index (χ3v) is 5.87. The second kappa shape index (κ2) is 7.72. The maximum Gasteiger partial charge on any atom is 0.253 e. The van der Waals surface area contributed by atoms with Crippen LogP contribution < -0.4 is 5.73 Å². The number of aromatic amines is 1. The molecule has 0 aliphatic carbocycles. The van der Waals surface area contributed by atoms with Crippen molar-refractivity contribution in [3.05, 3.63) is 59.8 Å². The van der Waals surface area contributed by atoms with Crippen LogP contribution in [-0.2, 0) is 4.79 Å². The van der Waals surface area contributed by atoms with E-state index in [4.69, 9.17) is 5.73 Å². The number of carbonyl (C=O) groups is 2. The summed E-state index contributed by atoms with van der Waals surface area (Å²) in [5.41, 5.74) is 10.1. The number of primary amides is 1. The number of carbonyl (C=O) groups excluding carboxylic acids is 2. The standard InChI is InChI=1S/C23H26N4O2/c1-15(22(24)28)16-3-5-17(6-4-16)20-14-25-21-8-7-18(13-19(20)21)23(29)27-11-9-26(2)10-12-27/h3-8,13-15,25H,9-12H2,1-2H3,(H2,24,28). The van der Waals surface area contributed by atoms with Crippen LogP contribution >= 0.6 is 0 Å². The number of nitrogens with zero attached hydrogens (tertiary/aromatic N) is 2. The van der Waals surface area contributed by atoms with Gasteiger partial charge in [-0.05, 0) is 43.3 Å². The second-order valence-corrected chi connectivity index (χ2v) is 7.80. The van der Waals surface area contributed by atoms with Crippen molar-refractivity contribution in [2.24, 2.45) is 5.73 Å². The van der Waals surface area contributed by atoms with Crippen LogP contribution in [0, 0.1) is 0 Å². The SMILES string of the molecule is CC(C(N)=O)c1ccc(-c2c[nH]c3ccc(C(=O)N4CCN(C)CC4)cc23)cc1. The monoisotopic (exact) mass is 390 g/mol. The van der Waals surface area contributed by atoms with Crippen LogP contribution in [-0.4, -0.2) is 59.8 Å². The van der Waals surface area contributed by atoms with Crippen LogP contribution in [0.3, 0.4) is 0 Å². The number of nitrogens with two attached hydrogens (primary N) is 1. The molecule has 6 heteroatoms. The van der Waals surface area contributed by atoms with E-state index < -0.39 is 0 Å². The molecule has 2 aromatic carbocycles. The first-order chi connectivity index (χ1) is 13.9. The van der Waals surface area contributed by atoms with Crippen LogP contribution in [0.4, 0.5) is 0 Å². The van der Waals surface area contributed by atoms with Gasteiger partial charge in [-0.1, -0.05) is 24.3 Å². The molecular formula is C23H26N4O2. The number of hydrogen-bond acceptors (Lipinski definition) is 3. The molecule has 150 valence electrons. The molecule has 1 unspecified atom stereocenters. The normalized spacial score (nSPS) is 16.1. The molecule has 0 radical (unpaired) electrons. The van der Waals surface area contributed by atoms with Gasteiger partial charge in [0.2, 0.25) is 5.91 Å². The van der Waals surface area contributed by atoms with Gasteiger partial charge in [0.25, 0.3) is 5.91 Å². The lowest BCUT2D eigenvalue weighted by molar-refractivity contribution is -0.119. The van der Waals surface area contributed by atoms with Crippen molar-refractivity contribution in [1.29, 1.82) is 0 Å². The molecule has 0 saturated carbocycles. The summed E-state index contributed by atoms with van der Waals surface area (Å²) < 4.78 is 0. The summed E-state index contributed by atoms with van der Waals surface area (Å²) in [5.74, 6) is -0.575. The fourth-order valence-corrected chi connectivity index (χ4v) is 3.80. The van der Waals surface area contributed by atoms with Crippen molar-refractivity contribution in [2.45, 2.75) is 12.8 Å². The van der Waals surface area contributed by atoms with Gasteiger partial charge in [0, 0.05) is 54.4 Å². The minimum Gasteiger partial charge on any atom is -0.369 e. The van der Waals surface area contributed by atoms with Gasteiger partial charge in [-0.25, -0.2) is 0 Å². The van der Waals surface area contributed by atoms with E-state index in [-0.39, 0.29) is 17.7 Å². The van der Waals surface area contributed by atoms with Crippen molar-refractivity contribution in [3.8, 4) is 11.1 Å². The van der Waals surface area contributed by atoms with E-state index in [1.54, 1.807) is 6.92 Å². The minimum absolute atomic E-state index is 0.0813. The summed E-state index contributed by atoms with van der Waals surface area (Å²) in [6.45, 7) is 5.12. The minimum atomic E-state index is -0.336. The maximum absolute atomic E-state index is 13.0. The molecule has 2 heterocycles. The molecular weight excluding hydrogens is 364 g/mol. The molecule has 1 aliphatic rings. The molecule has 6 nitrogen and oxygen atoms in total. The molecule has 3 N–H and O–H groups in total. The Morgan fingerprint density at radius 1 is 1.03 bits per heavy atom. The highest BCUT2D eigenvalue weighted by Crippen LogP contribution is 2.31. The number of nitrogens with one attached hydrogen (secondary N) is 1. The third-order valence-electron chi connectivity index (χ3n) is 5.87. The average molecular weight is 390 g/mol. The quantitative estimate of drug-likeness (QED) is 0.719. The molecule has 1 saturated heterocycles. The first-order valence-electron chi connectivity index (χ1n) is 9.92. The average Bonchev–Trinajstić information content (AvgIpc) is 3.16. The van der Waals surface area contributed by atoms with Crippen molar-refractivity contribution in [1.82, 2.24) is 14.8 Å². The van der Waals surface area contributed by atoms with E-state index in [2.05, 4.69) is 16.9 Å². The van der Waals surface area contributed by atoms with E-state index in [0.717, 1.165) is 53.8 Å². The Kier molecular flexibility index (Phi) is 5.11. The van der Waals surface area contributed by atoms with Crippen molar-refractivity contribution in [2.75, 3.05) is 33.2 Å². The van der Waals surface area contributed by atoms with Gasteiger partial charge in [-0.3, -0.25) is 9.59 Å². The van der Waals surface area contributed by atoms with Crippen LogP contribution in [0.15, 0.2) is 48.7 Å². The zero-order valence-electron chi connectivity index (χ0n) is 16.8. The summed E-state index contributed by atoms with van der Waals surface area (Å²) in [6, 6.07) is 13.7. The molecule has 1 fully saturated rings. The van der Waals surface area contributed by atoms with Gasteiger partial charge in [0.1, 0.15) is 0 Å². The Bertz CT molecular complexity index is 1050. The topological polar surface area (TPSA) is 82.4 Å². The number of H-pyrrole nitrogens is 1. The van der Waals surface area contributed by atoms with E-state index >= 15 is 0 Å². The molecule has 1 atom stereocenters. The number of aromatic nitrogens is 1. The largest absolute Gasteiger partial charge is 0.369 e. The lowest BCUT2D eigenvalue weighted by atomic mass is 9.96. The highest BCUT2D eigenvalue weighted by atomic mass is 16.2. The summed E-state index contributed by atoms with van der Waals surface area (Å²) >= 11 is 0. The van der Waals surface area contributed by atoms with Crippen molar-refractivity contribution < 1.29 is 9.59 Å². The fraction of sp³-hybridized carbons (Fsp3) is 0.304. The van der Waals surface area contributed by atoms with E-state index in [1.807, 2.05) is 53.6 Å². The predicted molar refractivity (Wildman–Crippen MR) is 115 cm³/mol. The van der Waals surface area contributed by atoms with Crippen LogP contribution in [0.1, 0.15) is 28.8 Å². The second-order valence-electron chi connectivity index (χ2n) is 7.80. The lowest BCUT2D eigenvalue weighted by Crippen LogP contribution is -2.47. The maximum atomic E-state index is 13.0. The van der Waals surface area contributed by atoms with E-state index in [1.165, 1.54) is 0 Å². The highest BCUT2D eigenvalue weighted by Gasteiger charge is 2.21. The zero-order valence-corrected chi connectivity index (χ0v) is 16.8. The van der Waals surface area contributed by atoms with Gasteiger partial charge < -0.3 is 20.5 Å². The Morgan fingerprint density at radius 2 is 1.72 bits per heavy atom. The Labute approximate surface area is 170 Å². The molecule has 4 rings (SSSR count). The number of likely N-dealkylation sites (N-methyl/N-ethyl adjacent to an activating group) is 1. The van der Waals surface area contributed by atoms with Gasteiger partial charge in [-0.2, -0.15) is 0 Å². The number of amides is 2. The van der Waals surface area contributed by atoms with Gasteiger partial charge in [0.15, 0.2) is 0 Å². The Balaban J connectivity index is 1.64. The lowest BCUT2D eigenvalue weighted by Gasteiger charge is -2.32.